The van der Waals surface area contributed by atoms with Crippen molar-refractivity contribution in [3.8, 4) is 11.5 Å². The number of carbonyl (C=O) groups is 2. The minimum atomic E-state index is -0.286. The fourth-order valence-corrected chi connectivity index (χ4v) is 2.87. The maximum atomic E-state index is 12.5. The van der Waals surface area contributed by atoms with Crippen LogP contribution in [-0.4, -0.2) is 62.6 Å². The number of nitrogens with one attached hydrogen (secondary N) is 1. The van der Waals surface area contributed by atoms with Crippen LogP contribution < -0.4 is 19.7 Å². The molecule has 0 aliphatic carbocycles. The van der Waals surface area contributed by atoms with E-state index in [2.05, 4.69) is 15.2 Å². The summed E-state index contributed by atoms with van der Waals surface area (Å²) in [6, 6.07) is 8.74. The first-order chi connectivity index (χ1) is 13.1. The molecule has 1 aliphatic heterocycles. The first-order valence-corrected chi connectivity index (χ1v) is 8.58. The third-order valence-electron chi connectivity index (χ3n) is 4.45. The second-order valence-electron chi connectivity index (χ2n) is 6.05. The molecule has 2 aromatic rings. The van der Waals surface area contributed by atoms with Gasteiger partial charge in [0.1, 0.15) is 17.3 Å². The molecular weight excluding hydrogens is 348 g/mol. The first-order valence-electron chi connectivity index (χ1n) is 8.58. The van der Waals surface area contributed by atoms with Crippen molar-refractivity contribution in [2.45, 2.75) is 0 Å². The monoisotopic (exact) mass is 370 g/mol. The Kier molecular flexibility index (Phi) is 5.75. The number of carbonyl (C=O) groups excluding carboxylic acids is 2. The summed E-state index contributed by atoms with van der Waals surface area (Å²) in [5, 5.41) is 2.82. The third-order valence-corrected chi connectivity index (χ3v) is 4.45. The molecule has 0 radical (unpaired) electrons. The van der Waals surface area contributed by atoms with Gasteiger partial charge in [0.25, 0.3) is 5.91 Å². The zero-order valence-corrected chi connectivity index (χ0v) is 15.3. The van der Waals surface area contributed by atoms with Crippen LogP contribution in [-0.2, 0) is 4.79 Å². The van der Waals surface area contributed by atoms with Gasteiger partial charge in [-0.15, -0.1) is 0 Å². The van der Waals surface area contributed by atoms with Gasteiger partial charge >= 0.3 is 0 Å². The molecule has 2 amide bonds. The number of anilines is 2. The smallest absolute Gasteiger partial charge is 0.257 e. The average Bonchev–Trinajstić information content (AvgIpc) is 2.73. The molecule has 1 fully saturated rings. The number of hydrogen-bond acceptors (Lipinski definition) is 6. The molecule has 1 aliphatic rings. The second-order valence-corrected chi connectivity index (χ2v) is 6.05. The van der Waals surface area contributed by atoms with Crippen LogP contribution >= 0.6 is 0 Å². The average molecular weight is 370 g/mol. The number of nitrogens with zero attached hydrogens (tertiary/aromatic N) is 3. The molecule has 0 saturated carbocycles. The van der Waals surface area contributed by atoms with Gasteiger partial charge < -0.3 is 24.6 Å². The summed E-state index contributed by atoms with van der Waals surface area (Å²) in [7, 11) is 3.10. The van der Waals surface area contributed by atoms with Crippen molar-refractivity contribution < 1.29 is 19.1 Å². The zero-order chi connectivity index (χ0) is 19.2. The highest BCUT2D eigenvalue weighted by molar-refractivity contribution is 6.05. The first kappa shape index (κ1) is 18.5. The molecule has 1 aromatic heterocycles. The Morgan fingerprint density at radius 1 is 1.11 bits per heavy atom. The van der Waals surface area contributed by atoms with E-state index in [9.17, 15) is 9.59 Å². The summed E-state index contributed by atoms with van der Waals surface area (Å²) < 4.78 is 10.5. The number of benzene rings is 1. The summed E-state index contributed by atoms with van der Waals surface area (Å²) in [6.45, 7) is 2.78. The number of hydrogen-bond donors (Lipinski definition) is 1. The standard InChI is InChI=1S/C19H22N4O4/c1-26-15-4-5-17(27-2)16(11-15)21-19(25)14-3-6-18(20-12-14)23-9-7-22(13-24)8-10-23/h3-6,11-13H,7-10H2,1-2H3,(H,21,25). The van der Waals surface area contributed by atoms with E-state index in [4.69, 9.17) is 9.47 Å². The maximum Gasteiger partial charge on any atom is 0.257 e. The van der Waals surface area contributed by atoms with Crippen molar-refractivity contribution in [1.29, 1.82) is 0 Å². The topological polar surface area (TPSA) is 84.0 Å². The van der Waals surface area contributed by atoms with E-state index in [1.807, 2.05) is 6.07 Å². The molecule has 8 heteroatoms. The maximum absolute atomic E-state index is 12.5. The van der Waals surface area contributed by atoms with Crippen molar-refractivity contribution in [3.05, 3.63) is 42.1 Å². The van der Waals surface area contributed by atoms with Crippen molar-refractivity contribution in [2.75, 3.05) is 50.6 Å². The highest BCUT2D eigenvalue weighted by Gasteiger charge is 2.17. The number of amides is 2. The van der Waals surface area contributed by atoms with Crippen LogP contribution in [0.4, 0.5) is 11.5 Å². The fraction of sp³-hybridized carbons (Fsp3) is 0.316. The van der Waals surface area contributed by atoms with Crippen LogP contribution in [0.5, 0.6) is 11.5 Å². The van der Waals surface area contributed by atoms with E-state index >= 15 is 0 Å². The lowest BCUT2D eigenvalue weighted by Gasteiger charge is -2.33. The van der Waals surface area contributed by atoms with Crippen LogP contribution in [0, 0.1) is 0 Å². The summed E-state index contributed by atoms with van der Waals surface area (Å²) in [4.78, 5) is 31.6. The Balaban J connectivity index is 1.68. The number of pyridine rings is 1. The molecule has 3 rings (SSSR count). The van der Waals surface area contributed by atoms with Crippen molar-refractivity contribution in [1.82, 2.24) is 9.88 Å². The fourth-order valence-electron chi connectivity index (χ4n) is 2.87. The van der Waals surface area contributed by atoms with Crippen LogP contribution in [0.15, 0.2) is 36.5 Å². The molecule has 0 bridgehead atoms. The molecule has 27 heavy (non-hydrogen) atoms. The van der Waals surface area contributed by atoms with Crippen LogP contribution in [0.1, 0.15) is 10.4 Å². The number of methoxy groups -OCH3 is 2. The van der Waals surface area contributed by atoms with Gasteiger partial charge in [0.15, 0.2) is 0 Å². The lowest BCUT2D eigenvalue weighted by molar-refractivity contribution is -0.118. The molecule has 8 nitrogen and oxygen atoms in total. The van der Waals surface area contributed by atoms with E-state index in [-0.39, 0.29) is 5.91 Å². The highest BCUT2D eigenvalue weighted by Crippen LogP contribution is 2.29. The Hall–Kier alpha value is -3.29. The minimum Gasteiger partial charge on any atom is -0.497 e. The molecule has 1 N–H and O–H groups in total. The molecule has 0 spiro atoms. The largest absolute Gasteiger partial charge is 0.497 e. The van der Waals surface area contributed by atoms with Crippen LogP contribution in [0.2, 0.25) is 0 Å². The minimum absolute atomic E-state index is 0.286. The summed E-state index contributed by atoms with van der Waals surface area (Å²) in [6.07, 6.45) is 2.41. The SMILES string of the molecule is COc1ccc(OC)c(NC(=O)c2ccc(N3CCN(C=O)CC3)nc2)c1. The highest BCUT2D eigenvalue weighted by atomic mass is 16.5. The van der Waals surface area contributed by atoms with E-state index in [0.29, 0.717) is 35.8 Å². The molecule has 0 atom stereocenters. The van der Waals surface area contributed by atoms with Gasteiger partial charge in [-0.25, -0.2) is 4.98 Å². The number of aromatic nitrogens is 1. The number of piperazine rings is 1. The molecule has 2 heterocycles. The Morgan fingerprint density at radius 2 is 1.89 bits per heavy atom. The molecular formula is C19H22N4O4. The predicted octanol–water partition coefficient (Wildman–Crippen LogP) is 1.63. The Morgan fingerprint density at radius 3 is 2.48 bits per heavy atom. The lowest BCUT2D eigenvalue weighted by Crippen LogP contribution is -2.46. The van der Waals surface area contributed by atoms with Gasteiger partial charge in [-0.1, -0.05) is 0 Å². The number of rotatable bonds is 6. The summed E-state index contributed by atoms with van der Waals surface area (Å²) in [5.41, 5.74) is 0.964. The molecule has 1 saturated heterocycles. The molecule has 1 aromatic carbocycles. The van der Waals surface area contributed by atoms with Crippen LogP contribution in [0.3, 0.4) is 0 Å². The molecule has 0 unspecified atom stereocenters. The van der Waals surface area contributed by atoms with E-state index < -0.39 is 0 Å². The third kappa shape index (κ3) is 4.28. The van der Waals surface area contributed by atoms with Gasteiger partial charge in [0.2, 0.25) is 6.41 Å². The van der Waals surface area contributed by atoms with Gasteiger partial charge in [0, 0.05) is 38.4 Å². The number of ether oxygens (including phenoxy) is 2. The van der Waals surface area contributed by atoms with Crippen LogP contribution in [0.25, 0.3) is 0 Å². The molecule has 142 valence electrons. The van der Waals surface area contributed by atoms with Crippen molar-refractivity contribution >= 4 is 23.8 Å². The Bertz CT molecular complexity index is 802. The van der Waals surface area contributed by atoms with Crippen molar-refractivity contribution in [2.24, 2.45) is 0 Å². The van der Waals surface area contributed by atoms with E-state index in [1.165, 1.54) is 7.11 Å². The zero-order valence-electron chi connectivity index (χ0n) is 15.3. The summed E-state index contributed by atoms with van der Waals surface area (Å²) >= 11 is 0. The van der Waals surface area contributed by atoms with Gasteiger partial charge in [-0.2, -0.15) is 0 Å². The van der Waals surface area contributed by atoms with E-state index in [1.54, 1.807) is 42.5 Å². The lowest BCUT2D eigenvalue weighted by atomic mass is 10.2. The normalized spacial score (nSPS) is 13.9. The quantitative estimate of drug-likeness (QED) is 0.778. The Labute approximate surface area is 157 Å². The van der Waals surface area contributed by atoms with Gasteiger partial charge in [-0.3, -0.25) is 9.59 Å². The van der Waals surface area contributed by atoms with E-state index in [0.717, 1.165) is 25.3 Å². The predicted molar refractivity (Wildman–Crippen MR) is 102 cm³/mol. The summed E-state index contributed by atoms with van der Waals surface area (Å²) in [5.74, 6) is 1.67. The van der Waals surface area contributed by atoms with Crippen molar-refractivity contribution in [3.63, 3.8) is 0 Å². The second kappa shape index (κ2) is 8.39. The van der Waals surface area contributed by atoms with Gasteiger partial charge in [-0.05, 0) is 24.3 Å². The van der Waals surface area contributed by atoms with Gasteiger partial charge in [0.05, 0.1) is 25.5 Å².